The SMILES string of the molecule is OCCOCCOc1ccc(N=Nc2ccc(OCCOCCO)cc2)cc1. The maximum atomic E-state index is 8.62. The third-order valence-corrected chi connectivity index (χ3v) is 3.42. The predicted molar refractivity (Wildman–Crippen MR) is 104 cm³/mol. The Kier molecular flexibility index (Phi) is 10.6. The molecule has 2 N–H and O–H groups in total. The van der Waals surface area contributed by atoms with Gasteiger partial charge in [0.15, 0.2) is 0 Å². The summed E-state index contributed by atoms with van der Waals surface area (Å²) in [6.07, 6.45) is 0. The molecule has 2 rings (SSSR count). The highest BCUT2D eigenvalue weighted by Gasteiger charge is 1.97. The van der Waals surface area contributed by atoms with E-state index in [-0.39, 0.29) is 13.2 Å². The Balaban J connectivity index is 1.73. The van der Waals surface area contributed by atoms with Crippen molar-refractivity contribution in [3.8, 4) is 11.5 Å². The van der Waals surface area contributed by atoms with E-state index in [9.17, 15) is 0 Å². The fourth-order valence-electron chi connectivity index (χ4n) is 2.10. The molecule has 0 aromatic heterocycles. The van der Waals surface area contributed by atoms with Gasteiger partial charge >= 0.3 is 0 Å². The van der Waals surface area contributed by atoms with Crippen LogP contribution in [0.2, 0.25) is 0 Å². The van der Waals surface area contributed by atoms with Crippen LogP contribution >= 0.6 is 0 Å². The number of rotatable bonds is 14. The largest absolute Gasteiger partial charge is 0.491 e. The Labute approximate surface area is 164 Å². The third-order valence-electron chi connectivity index (χ3n) is 3.42. The molecule has 0 bridgehead atoms. The van der Waals surface area contributed by atoms with Crippen LogP contribution in [0.5, 0.6) is 11.5 Å². The molecule has 0 heterocycles. The van der Waals surface area contributed by atoms with Crippen LogP contribution in [0.15, 0.2) is 58.8 Å². The first kappa shape index (κ1) is 21.8. The van der Waals surface area contributed by atoms with Gasteiger partial charge in [0.2, 0.25) is 0 Å². The summed E-state index contributed by atoms with van der Waals surface area (Å²) in [6.45, 7) is 2.34. The van der Waals surface area contributed by atoms with Crippen molar-refractivity contribution in [2.75, 3.05) is 52.9 Å². The highest BCUT2D eigenvalue weighted by Crippen LogP contribution is 2.23. The number of benzene rings is 2. The molecule has 0 saturated carbocycles. The van der Waals surface area contributed by atoms with Crippen LogP contribution in [0.25, 0.3) is 0 Å². The molecule has 152 valence electrons. The number of nitrogens with zero attached hydrogens (tertiary/aromatic N) is 2. The minimum Gasteiger partial charge on any atom is -0.491 e. The van der Waals surface area contributed by atoms with Gasteiger partial charge in [-0.3, -0.25) is 0 Å². The molecule has 0 amide bonds. The van der Waals surface area contributed by atoms with Crippen molar-refractivity contribution in [3.05, 3.63) is 48.5 Å². The summed E-state index contributed by atoms with van der Waals surface area (Å²) in [7, 11) is 0. The standard InChI is InChI=1S/C20H26N2O6/c23-9-11-25-13-15-27-19-5-1-17(2-6-19)21-22-18-3-7-20(8-4-18)28-16-14-26-12-10-24/h1-8,23-24H,9-16H2. The fraction of sp³-hybridized carbons (Fsp3) is 0.400. The molecule has 0 aliphatic heterocycles. The van der Waals surface area contributed by atoms with E-state index in [1.807, 2.05) is 48.5 Å². The maximum absolute atomic E-state index is 8.62. The van der Waals surface area contributed by atoms with Crippen molar-refractivity contribution < 1.29 is 29.2 Å². The fourth-order valence-corrected chi connectivity index (χ4v) is 2.10. The van der Waals surface area contributed by atoms with E-state index >= 15 is 0 Å². The topological polar surface area (TPSA) is 102 Å². The van der Waals surface area contributed by atoms with Gasteiger partial charge in [0.05, 0.1) is 51.0 Å². The van der Waals surface area contributed by atoms with Gasteiger partial charge in [0.1, 0.15) is 24.7 Å². The highest BCUT2D eigenvalue weighted by molar-refractivity contribution is 5.44. The monoisotopic (exact) mass is 390 g/mol. The van der Waals surface area contributed by atoms with Crippen molar-refractivity contribution in [2.24, 2.45) is 10.2 Å². The Bertz CT molecular complexity index is 617. The number of azo groups is 1. The Morgan fingerprint density at radius 3 is 1.29 bits per heavy atom. The van der Waals surface area contributed by atoms with Gasteiger partial charge in [-0.25, -0.2) is 0 Å². The molecule has 0 spiro atoms. The maximum Gasteiger partial charge on any atom is 0.119 e. The lowest BCUT2D eigenvalue weighted by atomic mass is 10.3. The average molecular weight is 390 g/mol. The zero-order valence-electron chi connectivity index (χ0n) is 15.7. The second-order valence-electron chi connectivity index (χ2n) is 5.56. The first-order chi connectivity index (χ1) is 13.8. The van der Waals surface area contributed by atoms with Crippen molar-refractivity contribution in [1.82, 2.24) is 0 Å². The first-order valence-electron chi connectivity index (χ1n) is 9.06. The quantitative estimate of drug-likeness (QED) is 0.380. The van der Waals surface area contributed by atoms with E-state index in [4.69, 9.17) is 29.2 Å². The van der Waals surface area contributed by atoms with E-state index < -0.39 is 0 Å². The zero-order valence-corrected chi connectivity index (χ0v) is 15.7. The van der Waals surface area contributed by atoms with Crippen molar-refractivity contribution in [2.45, 2.75) is 0 Å². The van der Waals surface area contributed by atoms with Gasteiger partial charge in [-0.05, 0) is 48.5 Å². The van der Waals surface area contributed by atoms with E-state index in [2.05, 4.69) is 10.2 Å². The molecule has 28 heavy (non-hydrogen) atoms. The van der Waals surface area contributed by atoms with E-state index in [0.717, 1.165) is 11.5 Å². The molecule has 0 atom stereocenters. The zero-order chi connectivity index (χ0) is 19.9. The van der Waals surface area contributed by atoms with Crippen LogP contribution in [0.3, 0.4) is 0 Å². The van der Waals surface area contributed by atoms with Gasteiger partial charge in [0.25, 0.3) is 0 Å². The van der Waals surface area contributed by atoms with Crippen LogP contribution in [-0.4, -0.2) is 63.1 Å². The van der Waals surface area contributed by atoms with Crippen LogP contribution < -0.4 is 9.47 Å². The average Bonchev–Trinajstić information content (AvgIpc) is 2.74. The Morgan fingerprint density at radius 2 is 0.929 bits per heavy atom. The molecule has 2 aromatic rings. The summed E-state index contributed by atoms with van der Waals surface area (Å²) in [6, 6.07) is 14.5. The van der Waals surface area contributed by atoms with Gasteiger partial charge < -0.3 is 29.2 Å². The summed E-state index contributed by atoms with van der Waals surface area (Å²) >= 11 is 0. The molecular formula is C20H26N2O6. The van der Waals surface area contributed by atoms with Gasteiger partial charge in [-0.1, -0.05) is 0 Å². The minimum absolute atomic E-state index is 0.00976. The smallest absolute Gasteiger partial charge is 0.119 e. The molecule has 8 heteroatoms. The summed E-state index contributed by atoms with van der Waals surface area (Å²) in [4.78, 5) is 0. The Hall–Kier alpha value is -2.52. The summed E-state index contributed by atoms with van der Waals surface area (Å²) in [5, 5.41) is 25.6. The van der Waals surface area contributed by atoms with Crippen LogP contribution in [-0.2, 0) is 9.47 Å². The lowest BCUT2D eigenvalue weighted by Crippen LogP contribution is -2.08. The molecular weight excluding hydrogens is 364 g/mol. The van der Waals surface area contributed by atoms with Crippen molar-refractivity contribution in [1.29, 1.82) is 0 Å². The highest BCUT2D eigenvalue weighted by atomic mass is 16.5. The molecule has 0 aliphatic carbocycles. The van der Waals surface area contributed by atoms with Crippen molar-refractivity contribution >= 4 is 11.4 Å². The molecule has 0 saturated heterocycles. The molecule has 2 aromatic carbocycles. The van der Waals surface area contributed by atoms with Gasteiger partial charge in [0, 0.05) is 0 Å². The molecule has 0 radical (unpaired) electrons. The number of ether oxygens (including phenoxy) is 4. The normalized spacial score (nSPS) is 11.1. The molecule has 0 unspecified atom stereocenters. The van der Waals surface area contributed by atoms with Crippen LogP contribution in [0.4, 0.5) is 11.4 Å². The first-order valence-corrected chi connectivity index (χ1v) is 9.06. The summed E-state index contributed by atoms with van der Waals surface area (Å²) in [5.41, 5.74) is 1.43. The summed E-state index contributed by atoms with van der Waals surface area (Å²) < 4.78 is 21.3. The molecule has 0 aliphatic rings. The van der Waals surface area contributed by atoms with Crippen LogP contribution in [0.1, 0.15) is 0 Å². The van der Waals surface area contributed by atoms with Crippen LogP contribution in [0, 0.1) is 0 Å². The lowest BCUT2D eigenvalue weighted by Gasteiger charge is -2.06. The predicted octanol–water partition coefficient (Wildman–Crippen LogP) is 2.88. The second kappa shape index (κ2) is 13.6. The lowest BCUT2D eigenvalue weighted by molar-refractivity contribution is 0.0705. The van der Waals surface area contributed by atoms with Gasteiger partial charge in [-0.2, -0.15) is 10.2 Å². The number of hydrogen-bond acceptors (Lipinski definition) is 8. The van der Waals surface area contributed by atoms with E-state index in [1.165, 1.54) is 0 Å². The van der Waals surface area contributed by atoms with Gasteiger partial charge in [-0.15, -0.1) is 0 Å². The third kappa shape index (κ3) is 8.92. The van der Waals surface area contributed by atoms with E-state index in [1.54, 1.807) is 0 Å². The van der Waals surface area contributed by atoms with E-state index in [0.29, 0.717) is 51.0 Å². The molecule has 8 nitrogen and oxygen atoms in total. The number of hydrogen-bond donors (Lipinski definition) is 2. The number of aliphatic hydroxyl groups excluding tert-OH is 2. The summed E-state index contributed by atoms with van der Waals surface area (Å²) in [5.74, 6) is 1.44. The second-order valence-corrected chi connectivity index (χ2v) is 5.56. The van der Waals surface area contributed by atoms with Crippen molar-refractivity contribution in [3.63, 3.8) is 0 Å². The Morgan fingerprint density at radius 1 is 0.536 bits per heavy atom. The number of aliphatic hydroxyl groups is 2. The minimum atomic E-state index is 0.00976. The molecule has 0 fully saturated rings.